The fraction of sp³-hybridized carbons (Fsp3) is 0.214. The number of hydrogen-bond acceptors (Lipinski definition) is 3. The second kappa shape index (κ2) is 6.12. The van der Waals surface area contributed by atoms with E-state index >= 15 is 0 Å². The van der Waals surface area contributed by atoms with E-state index in [1.807, 2.05) is 13.0 Å². The molecule has 0 aliphatic heterocycles. The molecule has 1 heterocycles. The molecule has 0 radical (unpaired) electrons. The van der Waals surface area contributed by atoms with Crippen molar-refractivity contribution >= 4 is 0 Å². The summed E-state index contributed by atoms with van der Waals surface area (Å²) in [7, 11) is 0. The molecule has 4 heteroatoms. The van der Waals surface area contributed by atoms with E-state index in [1.165, 1.54) is 6.07 Å². The van der Waals surface area contributed by atoms with Gasteiger partial charge in [-0.15, -0.1) is 0 Å². The summed E-state index contributed by atoms with van der Waals surface area (Å²) >= 11 is 0. The van der Waals surface area contributed by atoms with E-state index < -0.39 is 0 Å². The molecule has 2 aromatic rings. The third kappa shape index (κ3) is 3.28. The Kier molecular flexibility index (Phi) is 4.25. The van der Waals surface area contributed by atoms with Gasteiger partial charge in [0.25, 0.3) is 0 Å². The van der Waals surface area contributed by atoms with Gasteiger partial charge in [-0.05, 0) is 30.3 Å². The zero-order chi connectivity index (χ0) is 12.8. The third-order valence-corrected chi connectivity index (χ3v) is 2.41. The molecule has 0 atom stereocenters. The molecule has 18 heavy (non-hydrogen) atoms. The highest BCUT2D eigenvalue weighted by Gasteiger charge is 2.04. The molecule has 1 N–H and O–H groups in total. The first-order valence-corrected chi connectivity index (χ1v) is 5.86. The van der Waals surface area contributed by atoms with E-state index in [1.54, 1.807) is 30.6 Å². The van der Waals surface area contributed by atoms with Gasteiger partial charge in [0.05, 0.1) is 6.20 Å². The van der Waals surface area contributed by atoms with Crippen LogP contribution in [0.15, 0.2) is 42.7 Å². The van der Waals surface area contributed by atoms with Crippen molar-refractivity contribution in [3.63, 3.8) is 0 Å². The van der Waals surface area contributed by atoms with Gasteiger partial charge in [0, 0.05) is 12.7 Å². The van der Waals surface area contributed by atoms with Gasteiger partial charge in [-0.3, -0.25) is 4.98 Å². The molecule has 1 aromatic heterocycles. The van der Waals surface area contributed by atoms with Crippen molar-refractivity contribution in [1.82, 2.24) is 10.3 Å². The first kappa shape index (κ1) is 12.5. The van der Waals surface area contributed by atoms with Crippen LogP contribution in [0.3, 0.4) is 0 Å². The summed E-state index contributed by atoms with van der Waals surface area (Å²) in [5.74, 6) is 0.366. The van der Waals surface area contributed by atoms with Gasteiger partial charge < -0.3 is 10.1 Å². The zero-order valence-electron chi connectivity index (χ0n) is 10.2. The lowest BCUT2D eigenvalue weighted by Gasteiger charge is -2.08. The molecule has 0 spiro atoms. The molecule has 94 valence electrons. The van der Waals surface area contributed by atoms with E-state index in [4.69, 9.17) is 4.74 Å². The lowest BCUT2D eigenvalue weighted by Crippen LogP contribution is -2.11. The summed E-state index contributed by atoms with van der Waals surface area (Å²) in [6.45, 7) is 3.64. The fourth-order valence-corrected chi connectivity index (χ4v) is 1.54. The predicted molar refractivity (Wildman–Crippen MR) is 68.1 cm³/mol. The number of para-hydroxylation sites is 1. The van der Waals surface area contributed by atoms with Crippen molar-refractivity contribution < 1.29 is 9.13 Å². The van der Waals surface area contributed by atoms with Gasteiger partial charge in [0.15, 0.2) is 11.6 Å². The lowest BCUT2D eigenvalue weighted by atomic mass is 10.2. The van der Waals surface area contributed by atoms with Gasteiger partial charge in [0.1, 0.15) is 5.75 Å². The van der Waals surface area contributed by atoms with Crippen LogP contribution in [0.25, 0.3) is 0 Å². The van der Waals surface area contributed by atoms with Crippen LogP contribution in [0.4, 0.5) is 4.39 Å². The summed E-state index contributed by atoms with van der Waals surface area (Å²) in [6.07, 6.45) is 3.33. The minimum Gasteiger partial charge on any atom is -0.453 e. The van der Waals surface area contributed by atoms with E-state index in [0.29, 0.717) is 5.75 Å². The number of hydrogen-bond donors (Lipinski definition) is 1. The van der Waals surface area contributed by atoms with Crippen molar-refractivity contribution in [2.24, 2.45) is 0 Å². The van der Waals surface area contributed by atoms with Crippen molar-refractivity contribution in [2.45, 2.75) is 13.5 Å². The normalized spacial score (nSPS) is 10.3. The highest BCUT2D eigenvalue weighted by Crippen LogP contribution is 2.23. The maximum atomic E-state index is 13.4. The predicted octanol–water partition coefficient (Wildman–Crippen LogP) is 3.12. The third-order valence-electron chi connectivity index (χ3n) is 2.41. The Morgan fingerprint density at radius 1 is 1.28 bits per heavy atom. The van der Waals surface area contributed by atoms with Crippen LogP contribution in [0.5, 0.6) is 11.5 Å². The Hall–Kier alpha value is -1.94. The molecule has 0 saturated carbocycles. The molecule has 0 amide bonds. The van der Waals surface area contributed by atoms with Gasteiger partial charge in [-0.2, -0.15) is 0 Å². The molecule has 0 fully saturated rings. The molecule has 1 aromatic carbocycles. The monoisotopic (exact) mass is 246 g/mol. The first-order chi connectivity index (χ1) is 8.79. The van der Waals surface area contributed by atoms with Gasteiger partial charge in [0.2, 0.25) is 0 Å². The summed E-state index contributed by atoms with van der Waals surface area (Å²) in [6, 6.07) is 8.16. The molecule has 0 aliphatic rings. The van der Waals surface area contributed by atoms with Gasteiger partial charge in [-0.25, -0.2) is 4.39 Å². The number of halogens is 1. The summed E-state index contributed by atoms with van der Waals surface area (Å²) < 4.78 is 18.9. The van der Waals surface area contributed by atoms with Crippen molar-refractivity contribution in [3.05, 3.63) is 54.1 Å². The molecule has 0 bridgehead atoms. The molecule has 0 saturated heterocycles. The van der Waals surface area contributed by atoms with Crippen LogP contribution in [-0.4, -0.2) is 11.5 Å². The number of nitrogens with one attached hydrogen (secondary N) is 1. The van der Waals surface area contributed by atoms with Crippen LogP contribution in [-0.2, 0) is 6.54 Å². The second-order valence-corrected chi connectivity index (χ2v) is 3.84. The Bertz CT molecular complexity index is 517. The van der Waals surface area contributed by atoms with Crippen LogP contribution in [0.1, 0.15) is 12.5 Å². The smallest absolute Gasteiger partial charge is 0.165 e. The lowest BCUT2D eigenvalue weighted by molar-refractivity contribution is 0.440. The zero-order valence-corrected chi connectivity index (χ0v) is 10.2. The van der Waals surface area contributed by atoms with Gasteiger partial charge >= 0.3 is 0 Å². The molecule has 2 rings (SSSR count). The second-order valence-electron chi connectivity index (χ2n) is 3.84. The maximum absolute atomic E-state index is 13.4. The van der Waals surface area contributed by atoms with E-state index in [2.05, 4.69) is 10.3 Å². The quantitative estimate of drug-likeness (QED) is 0.880. The van der Waals surface area contributed by atoms with Crippen molar-refractivity contribution in [2.75, 3.05) is 6.54 Å². The van der Waals surface area contributed by atoms with Crippen molar-refractivity contribution in [1.29, 1.82) is 0 Å². The van der Waals surface area contributed by atoms with Crippen LogP contribution < -0.4 is 10.1 Å². The Morgan fingerprint density at radius 2 is 2.11 bits per heavy atom. The average molecular weight is 246 g/mol. The highest BCUT2D eigenvalue weighted by atomic mass is 19.1. The number of pyridine rings is 1. The van der Waals surface area contributed by atoms with Crippen molar-refractivity contribution in [3.8, 4) is 11.5 Å². The largest absolute Gasteiger partial charge is 0.453 e. The maximum Gasteiger partial charge on any atom is 0.165 e. The molecular weight excluding hydrogens is 231 g/mol. The van der Waals surface area contributed by atoms with E-state index in [0.717, 1.165) is 18.7 Å². The van der Waals surface area contributed by atoms with Crippen LogP contribution in [0, 0.1) is 5.82 Å². The number of nitrogens with zero attached hydrogens (tertiary/aromatic N) is 1. The standard InChI is InChI=1S/C14H15FN2O/c1-2-16-8-11-7-12(10-17-9-11)18-14-6-4-3-5-13(14)15/h3-7,9-10,16H,2,8H2,1H3. The molecule has 3 nitrogen and oxygen atoms in total. The molecular formula is C14H15FN2O. The summed E-state index contributed by atoms with van der Waals surface area (Å²) in [4.78, 5) is 4.08. The number of aromatic nitrogens is 1. The highest BCUT2D eigenvalue weighted by molar-refractivity contribution is 5.32. The Labute approximate surface area is 106 Å². The Balaban J connectivity index is 2.12. The fourth-order valence-electron chi connectivity index (χ4n) is 1.54. The first-order valence-electron chi connectivity index (χ1n) is 5.86. The molecule has 0 aliphatic carbocycles. The van der Waals surface area contributed by atoms with Crippen LogP contribution in [0.2, 0.25) is 0 Å². The Morgan fingerprint density at radius 3 is 2.89 bits per heavy atom. The summed E-state index contributed by atoms with van der Waals surface area (Å²) in [5, 5.41) is 3.20. The molecule has 0 unspecified atom stereocenters. The number of benzene rings is 1. The minimum atomic E-state index is -0.380. The SMILES string of the molecule is CCNCc1cncc(Oc2ccccc2F)c1. The number of rotatable bonds is 5. The number of ether oxygens (including phenoxy) is 1. The average Bonchev–Trinajstić information content (AvgIpc) is 2.40. The summed E-state index contributed by atoms with van der Waals surface area (Å²) in [5.41, 5.74) is 1.01. The van der Waals surface area contributed by atoms with Gasteiger partial charge in [-0.1, -0.05) is 19.1 Å². The van der Waals surface area contributed by atoms with E-state index in [9.17, 15) is 4.39 Å². The topological polar surface area (TPSA) is 34.2 Å². The van der Waals surface area contributed by atoms with E-state index in [-0.39, 0.29) is 11.6 Å². The van der Waals surface area contributed by atoms with Crippen LogP contribution >= 0.6 is 0 Å². The minimum absolute atomic E-state index is 0.208.